The van der Waals surface area contributed by atoms with Crippen LogP contribution in [-0.2, 0) is 21.8 Å². The van der Waals surface area contributed by atoms with Crippen molar-refractivity contribution in [3.8, 4) is 0 Å². The summed E-state index contributed by atoms with van der Waals surface area (Å²) in [5.74, 6) is -1.79. The first-order valence-corrected chi connectivity index (χ1v) is 9.74. The second-order valence-electron chi connectivity index (χ2n) is 6.13. The molecule has 1 aliphatic heterocycles. The topological polar surface area (TPSA) is 63.6 Å². The van der Waals surface area contributed by atoms with Gasteiger partial charge in [-0.2, -0.15) is 0 Å². The number of morpholine rings is 1. The maximum atomic E-state index is 13.9. The second-order valence-corrected chi connectivity index (χ2v) is 7.87. The molecular formula is C17H21F2N3O3S. The third-order valence-corrected chi connectivity index (χ3v) is 5.90. The first-order chi connectivity index (χ1) is 12.4. The Kier molecular flexibility index (Phi) is 5.71. The third kappa shape index (κ3) is 4.12. The number of rotatable bonds is 6. The van der Waals surface area contributed by atoms with E-state index < -0.39 is 26.6 Å². The molecule has 26 heavy (non-hydrogen) atoms. The molecule has 1 N–H and O–H groups in total. The lowest BCUT2D eigenvalue weighted by Crippen LogP contribution is -2.44. The normalized spacial score (nSPS) is 17.3. The van der Waals surface area contributed by atoms with Crippen LogP contribution in [0.5, 0.6) is 0 Å². The van der Waals surface area contributed by atoms with Crippen LogP contribution >= 0.6 is 0 Å². The molecule has 3 rings (SSSR count). The summed E-state index contributed by atoms with van der Waals surface area (Å²) >= 11 is 0. The highest BCUT2D eigenvalue weighted by Gasteiger charge is 2.27. The lowest BCUT2D eigenvalue weighted by atomic mass is 10.1. The van der Waals surface area contributed by atoms with Crippen molar-refractivity contribution >= 4 is 10.0 Å². The van der Waals surface area contributed by atoms with Crippen molar-refractivity contribution < 1.29 is 21.9 Å². The van der Waals surface area contributed by atoms with Gasteiger partial charge in [-0.05, 0) is 30.3 Å². The summed E-state index contributed by atoms with van der Waals surface area (Å²) in [7, 11) is -2.30. The summed E-state index contributed by atoms with van der Waals surface area (Å²) in [5, 5.41) is 0. The number of nitrogens with one attached hydrogen (secondary N) is 1. The number of ether oxygens (including phenoxy) is 1. The minimum Gasteiger partial charge on any atom is -0.379 e. The maximum Gasteiger partial charge on any atom is 0.243 e. The molecule has 142 valence electrons. The third-order valence-electron chi connectivity index (χ3n) is 4.46. The molecule has 1 fully saturated rings. The molecule has 0 spiro atoms. The number of halogens is 2. The van der Waals surface area contributed by atoms with Gasteiger partial charge in [0.2, 0.25) is 10.0 Å². The van der Waals surface area contributed by atoms with Crippen molar-refractivity contribution in [1.82, 2.24) is 14.2 Å². The van der Waals surface area contributed by atoms with E-state index in [4.69, 9.17) is 4.74 Å². The molecule has 1 atom stereocenters. The molecule has 1 aromatic carbocycles. The fourth-order valence-corrected chi connectivity index (χ4v) is 4.21. The van der Waals surface area contributed by atoms with Crippen LogP contribution in [0.15, 0.2) is 41.4 Å². The average Bonchev–Trinajstić information content (AvgIpc) is 3.04. The highest BCUT2D eigenvalue weighted by molar-refractivity contribution is 7.89. The molecule has 1 aromatic heterocycles. The standard InChI is InChI=1S/C17H21F2N3O3S/c1-21-6-2-3-15(21)16(22-7-9-25-10-8-22)12-20-26(23,24)17-11-13(18)4-5-14(17)19/h2-6,11,16,20H,7-10,12H2,1H3/t16-/m0/s1. The molecule has 6 nitrogen and oxygen atoms in total. The van der Waals surface area contributed by atoms with Crippen molar-refractivity contribution in [2.45, 2.75) is 10.9 Å². The summed E-state index contributed by atoms with van der Waals surface area (Å²) in [6.45, 7) is 2.48. The summed E-state index contributed by atoms with van der Waals surface area (Å²) in [6.07, 6.45) is 1.88. The van der Waals surface area contributed by atoms with Gasteiger partial charge < -0.3 is 9.30 Å². The van der Waals surface area contributed by atoms with E-state index in [1.807, 2.05) is 29.9 Å². The second kappa shape index (κ2) is 7.83. The smallest absolute Gasteiger partial charge is 0.243 e. The SMILES string of the molecule is Cn1cccc1[C@H](CNS(=O)(=O)c1cc(F)ccc1F)N1CCOCC1. The van der Waals surface area contributed by atoms with Crippen molar-refractivity contribution in [3.63, 3.8) is 0 Å². The Bertz CT molecular complexity index is 864. The number of sulfonamides is 1. The summed E-state index contributed by atoms with van der Waals surface area (Å²) in [4.78, 5) is 1.42. The minimum absolute atomic E-state index is 0.0378. The number of hydrogen-bond acceptors (Lipinski definition) is 4. The summed E-state index contributed by atoms with van der Waals surface area (Å²) in [5.41, 5.74) is 0.925. The predicted octanol–water partition coefficient (Wildman–Crippen LogP) is 1.66. The zero-order valence-electron chi connectivity index (χ0n) is 14.4. The van der Waals surface area contributed by atoms with Gasteiger partial charge in [0.15, 0.2) is 0 Å². The van der Waals surface area contributed by atoms with Crippen LogP contribution in [0.3, 0.4) is 0 Å². The van der Waals surface area contributed by atoms with Crippen LogP contribution in [0.2, 0.25) is 0 Å². The lowest BCUT2D eigenvalue weighted by Gasteiger charge is -2.34. The molecule has 1 saturated heterocycles. The van der Waals surface area contributed by atoms with Gasteiger partial charge in [0.25, 0.3) is 0 Å². The monoisotopic (exact) mass is 385 g/mol. The van der Waals surface area contributed by atoms with Gasteiger partial charge in [0, 0.05) is 38.6 Å². The van der Waals surface area contributed by atoms with Crippen LogP contribution in [-0.4, -0.2) is 50.7 Å². The van der Waals surface area contributed by atoms with E-state index in [0.717, 1.165) is 17.8 Å². The van der Waals surface area contributed by atoms with E-state index >= 15 is 0 Å². The fraction of sp³-hybridized carbons (Fsp3) is 0.412. The van der Waals surface area contributed by atoms with E-state index in [9.17, 15) is 17.2 Å². The predicted molar refractivity (Wildman–Crippen MR) is 92.1 cm³/mol. The summed E-state index contributed by atoms with van der Waals surface area (Å²) in [6, 6.07) is 5.92. The highest BCUT2D eigenvalue weighted by atomic mass is 32.2. The highest BCUT2D eigenvalue weighted by Crippen LogP contribution is 2.23. The van der Waals surface area contributed by atoms with Crippen molar-refractivity contribution in [3.05, 3.63) is 53.9 Å². The Morgan fingerprint density at radius 3 is 2.62 bits per heavy atom. The molecule has 0 amide bonds. The van der Waals surface area contributed by atoms with E-state index in [-0.39, 0.29) is 12.6 Å². The first-order valence-electron chi connectivity index (χ1n) is 8.26. The van der Waals surface area contributed by atoms with Gasteiger partial charge >= 0.3 is 0 Å². The first kappa shape index (κ1) is 19.0. The van der Waals surface area contributed by atoms with E-state index in [0.29, 0.717) is 32.4 Å². The van der Waals surface area contributed by atoms with Crippen LogP contribution in [0, 0.1) is 11.6 Å². The van der Waals surface area contributed by atoms with Crippen LogP contribution < -0.4 is 4.72 Å². The van der Waals surface area contributed by atoms with Gasteiger partial charge in [-0.3, -0.25) is 4.90 Å². The van der Waals surface area contributed by atoms with Crippen LogP contribution in [0.4, 0.5) is 8.78 Å². The zero-order chi connectivity index (χ0) is 18.7. The van der Waals surface area contributed by atoms with E-state index in [1.165, 1.54) is 0 Å². The Labute approximate surface area is 151 Å². The number of hydrogen-bond donors (Lipinski definition) is 1. The van der Waals surface area contributed by atoms with Gasteiger partial charge in [0.05, 0.1) is 19.3 Å². The molecule has 0 bridgehead atoms. The molecule has 9 heteroatoms. The Morgan fingerprint density at radius 1 is 1.23 bits per heavy atom. The molecular weight excluding hydrogens is 364 g/mol. The molecule has 1 aliphatic rings. The van der Waals surface area contributed by atoms with Crippen LogP contribution in [0.25, 0.3) is 0 Å². The lowest BCUT2D eigenvalue weighted by molar-refractivity contribution is 0.0158. The van der Waals surface area contributed by atoms with Gasteiger partial charge in [-0.15, -0.1) is 0 Å². The Hall–Kier alpha value is -1.81. The van der Waals surface area contributed by atoms with Crippen molar-refractivity contribution in [2.75, 3.05) is 32.8 Å². The van der Waals surface area contributed by atoms with Gasteiger partial charge in [-0.25, -0.2) is 21.9 Å². The Morgan fingerprint density at radius 2 is 1.96 bits per heavy atom. The molecule has 0 aliphatic carbocycles. The molecule has 2 heterocycles. The van der Waals surface area contributed by atoms with Gasteiger partial charge in [-0.1, -0.05) is 0 Å². The molecule has 0 saturated carbocycles. The largest absolute Gasteiger partial charge is 0.379 e. The van der Waals surface area contributed by atoms with E-state index in [1.54, 1.807) is 0 Å². The van der Waals surface area contributed by atoms with E-state index in [2.05, 4.69) is 9.62 Å². The minimum atomic E-state index is -4.18. The van der Waals surface area contributed by atoms with Crippen molar-refractivity contribution in [1.29, 1.82) is 0 Å². The van der Waals surface area contributed by atoms with Crippen molar-refractivity contribution in [2.24, 2.45) is 7.05 Å². The van der Waals surface area contributed by atoms with Gasteiger partial charge in [0.1, 0.15) is 16.5 Å². The van der Waals surface area contributed by atoms with Crippen LogP contribution in [0.1, 0.15) is 11.7 Å². The molecule has 2 aromatic rings. The molecule has 0 unspecified atom stereocenters. The molecule has 0 radical (unpaired) electrons. The number of nitrogens with zero attached hydrogens (tertiary/aromatic N) is 2. The average molecular weight is 385 g/mol. The number of benzene rings is 1. The number of aromatic nitrogens is 1. The summed E-state index contributed by atoms with van der Waals surface area (Å²) < 4.78 is 61.9. The number of aryl methyl sites for hydroxylation is 1. The Balaban J connectivity index is 1.83. The maximum absolute atomic E-state index is 13.9. The quantitative estimate of drug-likeness (QED) is 0.822. The fourth-order valence-electron chi connectivity index (χ4n) is 3.08. The zero-order valence-corrected chi connectivity index (χ0v) is 15.2.